The van der Waals surface area contributed by atoms with Gasteiger partial charge >= 0.3 is 5.69 Å². The lowest BCUT2D eigenvalue weighted by Crippen LogP contribution is -2.42. The highest BCUT2D eigenvalue weighted by Crippen LogP contribution is 2.32. The highest BCUT2D eigenvalue weighted by Gasteiger charge is 2.30. The van der Waals surface area contributed by atoms with Crippen molar-refractivity contribution in [2.45, 2.75) is 25.3 Å². The van der Waals surface area contributed by atoms with Crippen molar-refractivity contribution in [3.05, 3.63) is 34.4 Å². The van der Waals surface area contributed by atoms with E-state index in [0.717, 1.165) is 39.1 Å². The van der Waals surface area contributed by atoms with Gasteiger partial charge in [0.25, 0.3) is 0 Å². The van der Waals surface area contributed by atoms with Gasteiger partial charge in [0, 0.05) is 25.2 Å². The van der Waals surface area contributed by atoms with Gasteiger partial charge in [0.1, 0.15) is 0 Å². The number of hydrogen-bond donors (Lipinski definition) is 2. The van der Waals surface area contributed by atoms with E-state index < -0.39 is 10.9 Å². The number of benzene rings is 1. The Balaban J connectivity index is 0.000000552. The molecule has 0 aromatic heterocycles. The fourth-order valence-corrected chi connectivity index (χ4v) is 3.41. The van der Waals surface area contributed by atoms with Crippen LogP contribution in [-0.4, -0.2) is 57.2 Å². The average molecular weight is 387 g/mol. The summed E-state index contributed by atoms with van der Waals surface area (Å²) in [5.74, 6) is 0.856. The van der Waals surface area contributed by atoms with Crippen molar-refractivity contribution >= 4 is 16.6 Å². The molecule has 1 saturated heterocycles. The zero-order valence-electron chi connectivity index (χ0n) is 14.5. The highest BCUT2D eigenvalue weighted by molar-refractivity contribution is 7.69. The van der Waals surface area contributed by atoms with Crippen LogP contribution in [0.5, 0.6) is 5.75 Å². The summed E-state index contributed by atoms with van der Waals surface area (Å²) in [6.45, 7) is 4.25. The largest absolute Gasteiger partial charge is 0.487 e. The van der Waals surface area contributed by atoms with Crippen LogP contribution < -0.4 is 9.88 Å². The Bertz CT molecular complexity index is 655. The molecule has 1 heterocycles. The van der Waals surface area contributed by atoms with E-state index in [2.05, 4.69) is 10.0 Å². The summed E-state index contributed by atoms with van der Waals surface area (Å²) >= 11 is 0. The SMILES string of the molecule is N[SH](=O)=O.O=[N+]([O-])c1ccccc1OC[C@H]1CC[C@@H](N2CCOCC2)C1. The van der Waals surface area contributed by atoms with E-state index >= 15 is 0 Å². The number of nitro groups is 1. The predicted molar refractivity (Wildman–Crippen MR) is 96.6 cm³/mol. The number of nitro benzene ring substituents is 1. The first-order valence-corrected chi connectivity index (χ1v) is 9.79. The van der Waals surface area contributed by atoms with Gasteiger partial charge in [0.15, 0.2) is 16.6 Å². The Kier molecular flexibility index (Phi) is 8.23. The molecule has 1 saturated carbocycles. The third kappa shape index (κ3) is 6.52. The maximum atomic E-state index is 11.0. The number of thiol groups is 1. The molecule has 1 aliphatic carbocycles. The number of hydrogen-bond acceptors (Lipinski definition) is 7. The van der Waals surface area contributed by atoms with Crippen molar-refractivity contribution in [2.75, 3.05) is 32.9 Å². The summed E-state index contributed by atoms with van der Waals surface area (Å²) in [6, 6.07) is 7.21. The standard InChI is InChI=1S/C16H22N2O4.H3NO2S/c19-18(20)15-3-1-2-4-16(15)22-12-13-5-6-14(11-13)17-7-9-21-10-8-17;1-4(2)3/h1-4,13-14H,5-12H2;4H,(H2,1,2,3)/t13-,14+;/m0./s1. The number of rotatable bonds is 5. The minimum Gasteiger partial charge on any atom is -0.487 e. The topological polar surface area (TPSA) is 125 Å². The number of ether oxygens (including phenoxy) is 2. The second-order valence-corrected chi connectivity index (χ2v) is 6.87. The van der Waals surface area contributed by atoms with Crippen LogP contribution in [0, 0.1) is 16.0 Å². The molecule has 10 heteroatoms. The molecular weight excluding hydrogens is 362 g/mol. The third-order valence-corrected chi connectivity index (χ3v) is 4.61. The molecule has 146 valence electrons. The van der Waals surface area contributed by atoms with E-state index in [1.165, 1.54) is 12.5 Å². The molecule has 0 amide bonds. The molecule has 2 atom stereocenters. The van der Waals surface area contributed by atoms with Gasteiger partial charge in [0.05, 0.1) is 24.7 Å². The Morgan fingerprint density at radius 2 is 1.92 bits per heavy atom. The molecule has 1 aromatic rings. The fraction of sp³-hybridized carbons (Fsp3) is 0.625. The molecule has 26 heavy (non-hydrogen) atoms. The van der Waals surface area contributed by atoms with Crippen LogP contribution in [0.4, 0.5) is 5.69 Å². The molecule has 9 nitrogen and oxygen atoms in total. The fourth-order valence-electron chi connectivity index (χ4n) is 3.41. The average Bonchev–Trinajstić information content (AvgIpc) is 3.09. The van der Waals surface area contributed by atoms with Crippen molar-refractivity contribution < 1.29 is 22.8 Å². The predicted octanol–water partition coefficient (Wildman–Crippen LogP) is 0.946. The van der Waals surface area contributed by atoms with Crippen molar-refractivity contribution in [3.63, 3.8) is 0 Å². The molecule has 3 rings (SSSR count). The highest BCUT2D eigenvalue weighted by atomic mass is 32.2. The third-order valence-electron chi connectivity index (χ3n) is 4.61. The van der Waals surface area contributed by atoms with Gasteiger partial charge < -0.3 is 9.47 Å². The van der Waals surface area contributed by atoms with Gasteiger partial charge in [-0.25, -0.2) is 13.6 Å². The maximum absolute atomic E-state index is 11.0. The van der Waals surface area contributed by atoms with Crippen LogP contribution in [0.1, 0.15) is 19.3 Å². The summed E-state index contributed by atoms with van der Waals surface area (Å²) in [4.78, 5) is 13.1. The number of nitrogens with two attached hydrogens (primary N) is 1. The molecule has 1 aromatic carbocycles. The summed E-state index contributed by atoms with van der Waals surface area (Å²) in [5.41, 5.74) is 0.0465. The second-order valence-electron chi connectivity index (χ2n) is 6.30. The van der Waals surface area contributed by atoms with Gasteiger partial charge in [-0.05, 0) is 31.2 Å². The quantitative estimate of drug-likeness (QED) is 0.438. The first-order valence-electron chi connectivity index (χ1n) is 8.54. The molecule has 1 aliphatic heterocycles. The van der Waals surface area contributed by atoms with Crippen LogP contribution in [0.3, 0.4) is 0 Å². The summed E-state index contributed by atoms with van der Waals surface area (Å²) < 4.78 is 28.8. The maximum Gasteiger partial charge on any atom is 0.310 e. The van der Waals surface area contributed by atoms with Gasteiger partial charge in [-0.15, -0.1) is 0 Å². The molecule has 2 fully saturated rings. The van der Waals surface area contributed by atoms with Gasteiger partial charge in [0.2, 0.25) is 0 Å². The number of morpholine rings is 1. The van der Waals surface area contributed by atoms with Crippen molar-refractivity contribution in [2.24, 2.45) is 11.1 Å². The van der Waals surface area contributed by atoms with E-state index in [1.807, 2.05) is 0 Å². The van der Waals surface area contributed by atoms with Crippen LogP contribution in [0.25, 0.3) is 0 Å². The summed E-state index contributed by atoms with van der Waals surface area (Å²) in [6.07, 6.45) is 3.42. The van der Waals surface area contributed by atoms with E-state index in [9.17, 15) is 10.1 Å². The Hall–Kier alpha value is -1.75. The summed E-state index contributed by atoms with van der Waals surface area (Å²) in [5, 5.41) is 15.0. The smallest absolute Gasteiger partial charge is 0.310 e. The van der Waals surface area contributed by atoms with E-state index in [0.29, 0.717) is 24.3 Å². The Morgan fingerprint density at radius 1 is 1.27 bits per heavy atom. The Morgan fingerprint density at radius 3 is 2.58 bits per heavy atom. The lowest BCUT2D eigenvalue weighted by molar-refractivity contribution is -0.385. The molecule has 0 spiro atoms. The van der Waals surface area contributed by atoms with Gasteiger partial charge in [-0.1, -0.05) is 12.1 Å². The summed E-state index contributed by atoms with van der Waals surface area (Å²) in [7, 11) is -2.62. The van der Waals surface area contributed by atoms with E-state index in [4.69, 9.17) is 17.9 Å². The van der Waals surface area contributed by atoms with E-state index in [-0.39, 0.29) is 10.6 Å². The van der Waals surface area contributed by atoms with Crippen molar-refractivity contribution in [3.8, 4) is 5.75 Å². The molecule has 2 N–H and O–H groups in total. The van der Waals surface area contributed by atoms with Crippen LogP contribution in [0.15, 0.2) is 24.3 Å². The molecule has 0 bridgehead atoms. The molecule has 0 unspecified atom stereocenters. The Labute approximate surface area is 154 Å². The number of para-hydroxylation sites is 2. The molecule has 0 radical (unpaired) electrons. The minimum atomic E-state index is -2.62. The van der Waals surface area contributed by atoms with Crippen LogP contribution >= 0.6 is 0 Å². The van der Waals surface area contributed by atoms with Crippen molar-refractivity contribution in [1.29, 1.82) is 0 Å². The lowest BCUT2D eigenvalue weighted by Gasteiger charge is -2.32. The van der Waals surface area contributed by atoms with Crippen LogP contribution in [-0.2, 0) is 15.6 Å². The number of nitrogens with zero attached hydrogens (tertiary/aromatic N) is 2. The van der Waals surface area contributed by atoms with E-state index in [1.54, 1.807) is 18.2 Å². The van der Waals surface area contributed by atoms with Crippen molar-refractivity contribution in [1.82, 2.24) is 4.90 Å². The second kappa shape index (κ2) is 10.4. The van der Waals surface area contributed by atoms with Gasteiger partial charge in [-0.3, -0.25) is 15.0 Å². The lowest BCUT2D eigenvalue weighted by atomic mass is 10.1. The first kappa shape index (κ1) is 20.6. The molecule has 2 aliphatic rings. The zero-order valence-corrected chi connectivity index (χ0v) is 15.4. The van der Waals surface area contributed by atoms with Gasteiger partial charge in [-0.2, -0.15) is 0 Å². The first-order chi connectivity index (χ1) is 12.5. The van der Waals surface area contributed by atoms with Crippen LogP contribution in [0.2, 0.25) is 0 Å². The normalized spacial score (nSPS) is 23.3. The zero-order chi connectivity index (χ0) is 18.9. The molecular formula is C16H25N3O6S. The minimum absolute atomic E-state index is 0.0465. The monoisotopic (exact) mass is 387 g/mol.